The van der Waals surface area contributed by atoms with Crippen LogP contribution in [-0.4, -0.2) is 31.6 Å². The number of nitrogens with zero attached hydrogens (tertiary/aromatic N) is 1. The Morgan fingerprint density at radius 1 is 1.47 bits per heavy atom. The van der Waals surface area contributed by atoms with Crippen LogP contribution in [0.5, 0.6) is 0 Å². The maximum atomic E-state index is 11.1. The van der Waals surface area contributed by atoms with Gasteiger partial charge in [0.15, 0.2) is 0 Å². The number of rotatable bonds is 2. The summed E-state index contributed by atoms with van der Waals surface area (Å²) in [5, 5.41) is 6.45. The maximum Gasteiger partial charge on any atom is 0.217 e. The number of carbonyl (C=O) groups excluding carboxylic acids is 1. The molecule has 1 unspecified atom stereocenters. The number of hydrogen-bond acceptors (Lipinski definition) is 3. The van der Waals surface area contributed by atoms with E-state index in [4.69, 9.17) is 0 Å². The molecule has 0 aliphatic carbocycles. The SMILES string of the molecule is CC(=O)NC1CCN(c2cccc3c2CCNC3)C1. The van der Waals surface area contributed by atoms with Gasteiger partial charge < -0.3 is 15.5 Å². The Morgan fingerprint density at radius 3 is 3.21 bits per heavy atom. The lowest BCUT2D eigenvalue weighted by Gasteiger charge is -2.26. The molecule has 102 valence electrons. The minimum absolute atomic E-state index is 0.0751. The summed E-state index contributed by atoms with van der Waals surface area (Å²) in [6.07, 6.45) is 2.15. The van der Waals surface area contributed by atoms with Crippen molar-refractivity contribution in [2.75, 3.05) is 24.5 Å². The number of amides is 1. The molecule has 0 saturated carbocycles. The smallest absolute Gasteiger partial charge is 0.217 e. The van der Waals surface area contributed by atoms with E-state index in [9.17, 15) is 4.79 Å². The summed E-state index contributed by atoms with van der Waals surface area (Å²) < 4.78 is 0. The molecule has 0 spiro atoms. The van der Waals surface area contributed by atoms with Gasteiger partial charge in [0, 0.05) is 38.3 Å². The summed E-state index contributed by atoms with van der Waals surface area (Å²) in [7, 11) is 0. The van der Waals surface area contributed by atoms with E-state index in [1.165, 1.54) is 16.8 Å². The van der Waals surface area contributed by atoms with Gasteiger partial charge in [0.1, 0.15) is 0 Å². The molecule has 0 radical (unpaired) electrons. The van der Waals surface area contributed by atoms with Crippen molar-refractivity contribution in [1.29, 1.82) is 0 Å². The first kappa shape index (κ1) is 12.5. The van der Waals surface area contributed by atoms with Gasteiger partial charge in [-0.1, -0.05) is 12.1 Å². The van der Waals surface area contributed by atoms with Crippen LogP contribution < -0.4 is 15.5 Å². The van der Waals surface area contributed by atoms with Crippen molar-refractivity contribution in [3.8, 4) is 0 Å². The van der Waals surface area contributed by atoms with Crippen LogP contribution in [0.25, 0.3) is 0 Å². The van der Waals surface area contributed by atoms with E-state index >= 15 is 0 Å². The van der Waals surface area contributed by atoms with Gasteiger partial charge in [-0.15, -0.1) is 0 Å². The van der Waals surface area contributed by atoms with Crippen molar-refractivity contribution in [1.82, 2.24) is 10.6 Å². The topological polar surface area (TPSA) is 44.4 Å². The summed E-state index contributed by atoms with van der Waals surface area (Å²) in [6, 6.07) is 6.88. The normalized spacial score (nSPS) is 22.2. The van der Waals surface area contributed by atoms with Crippen molar-refractivity contribution in [3.05, 3.63) is 29.3 Å². The first-order valence-corrected chi connectivity index (χ1v) is 7.07. The van der Waals surface area contributed by atoms with E-state index in [1.54, 1.807) is 6.92 Å². The van der Waals surface area contributed by atoms with Crippen LogP contribution in [0.2, 0.25) is 0 Å². The van der Waals surface area contributed by atoms with Gasteiger partial charge in [0.2, 0.25) is 5.91 Å². The standard InChI is InChI=1S/C15H21N3O/c1-11(19)17-13-6-8-18(10-13)15-4-2-3-12-9-16-7-5-14(12)15/h2-4,13,16H,5-10H2,1H3,(H,17,19). The Hall–Kier alpha value is -1.55. The van der Waals surface area contributed by atoms with Gasteiger partial charge in [-0.2, -0.15) is 0 Å². The maximum absolute atomic E-state index is 11.1. The Bertz CT molecular complexity index is 486. The summed E-state index contributed by atoms with van der Waals surface area (Å²) in [6.45, 7) is 5.61. The molecule has 2 aliphatic heterocycles. The first-order valence-electron chi connectivity index (χ1n) is 7.07. The van der Waals surface area contributed by atoms with E-state index in [-0.39, 0.29) is 5.91 Å². The molecule has 1 atom stereocenters. The van der Waals surface area contributed by atoms with E-state index in [1.807, 2.05) is 0 Å². The van der Waals surface area contributed by atoms with Crippen LogP contribution in [0.15, 0.2) is 18.2 Å². The zero-order chi connectivity index (χ0) is 13.2. The van der Waals surface area contributed by atoms with Crippen molar-refractivity contribution in [2.24, 2.45) is 0 Å². The second-order valence-electron chi connectivity index (χ2n) is 5.47. The summed E-state index contributed by atoms with van der Waals surface area (Å²) in [4.78, 5) is 13.6. The molecular weight excluding hydrogens is 238 g/mol. The van der Waals surface area contributed by atoms with E-state index in [0.717, 1.165) is 39.0 Å². The fourth-order valence-corrected chi connectivity index (χ4v) is 3.19. The zero-order valence-corrected chi connectivity index (χ0v) is 11.4. The summed E-state index contributed by atoms with van der Waals surface area (Å²) in [5.41, 5.74) is 4.28. The van der Waals surface area contributed by atoms with E-state index in [0.29, 0.717) is 6.04 Å². The molecule has 1 amide bonds. The van der Waals surface area contributed by atoms with Crippen LogP contribution in [0.4, 0.5) is 5.69 Å². The average molecular weight is 259 g/mol. The molecule has 4 nitrogen and oxygen atoms in total. The van der Waals surface area contributed by atoms with Crippen LogP contribution in [-0.2, 0) is 17.8 Å². The minimum Gasteiger partial charge on any atom is -0.369 e. The highest BCUT2D eigenvalue weighted by atomic mass is 16.1. The molecule has 2 heterocycles. The minimum atomic E-state index is 0.0751. The van der Waals surface area contributed by atoms with Crippen molar-refractivity contribution >= 4 is 11.6 Å². The Balaban J connectivity index is 1.78. The number of benzene rings is 1. The van der Waals surface area contributed by atoms with Crippen molar-refractivity contribution in [3.63, 3.8) is 0 Å². The predicted octanol–water partition coefficient (Wildman–Crippen LogP) is 1.05. The second-order valence-corrected chi connectivity index (χ2v) is 5.47. The third-order valence-electron chi connectivity index (χ3n) is 4.05. The first-order chi connectivity index (χ1) is 9.24. The molecule has 1 aromatic carbocycles. The number of hydrogen-bond donors (Lipinski definition) is 2. The van der Waals surface area contributed by atoms with Gasteiger partial charge in [-0.25, -0.2) is 0 Å². The Morgan fingerprint density at radius 2 is 2.37 bits per heavy atom. The lowest BCUT2D eigenvalue weighted by molar-refractivity contribution is -0.119. The molecule has 0 aromatic heterocycles. The van der Waals surface area contributed by atoms with Crippen LogP contribution >= 0.6 is 0 Å². The lowest BCUT2D eigenvalue weighted by Crippen LogP contribution is -2.36. The van der Waals surface area contributed by atoms with E-state index in [2.05, 4.69) is 33.7 Å². The number of carbonyl (C=O) groups is 1. The molecule has 2 N–H and O–H groups in total. The van der Waals surface area contributed by atoms with Crippen LogP contribution in [0, 0.1) is 0 Å². The molecule has 19 heavy (non-hydrogen) atoms. The summed E-state index contributed by atoms with van der Waals surface area (Å²) >= 11 is 0. The molecule has 1 aromatic rings. The highest BCUT2D eigenvalue weighted by Gasteiger charge is 2.25. The fourth-order valence-electron chi connectivity index (χ4n) is 3.19. The molecule has 1 saturated heterocycles. The molecule has 3 rings (SSSR count). The third kappa shape index (κ3) is 2.59. The van der Waals surface area contributed by atoms with Crippen molar-refractivity contribution < 1.29 is 4.79 Å². The largest absolute Gasteiger partial charge is 0.369 e. The molecule has 4 heteroatoms. The lowest BCUT2D eigenvalue weighted by atomic mass is 9.98. The molecule has 1 fully saturated rings. The van der Waals surface area contributed by atoms with Gasteiger partial charge in [0.25, 0.3) is 0 Å². The van der Waals surface area contributed by atoms with Crippen LogP contribution in [0.3, 0.4) is 0 Å². The summed E-state index contributed by atoms with van der Waals surface area (Å²) in [5.74, 6) is 0.0751. The van der Waals surface area contributed by atoms with Gasteiger partial charge in [0.05, 0.1) is 0 Å². The predicted molar refractivity (Wildman–Crippen MR) is 76.3 cm³/mol. The molecular formula is C15H21N3O. The average Bonchev–Trinajstić information content (AvgIpc) is 2.85. The highest BCUT2D eigenvalue weighted by Crippen LogP contribution is 2.29. The monoisotopic (exact) mass is 259 g/mol. The quantitative estimate of drug-likeness (QED) is 0.834. The van der Waals surface area contributed by atoms with Gasteiger partial charge in [-0.05, 0) is 36.6 Å². The van der Waals surface area contributed by atoms with Gasteiger partial charge >= 0.3 is 0 Å². The fraction of sp³-hybridized carbons (Fsp3) is 0.533. The molecule has 2 aliphatic rings. The number of nitrogens with one attached hydrogen (secondary N) is 2. The molecule has 0 bridgehead atoms. The third-order valence-corrected chi connectivity index (χ3v) is 4.05. The highest BCUT2D eigenvalue weighted by molar-refractivity contribution is 5.73. The number of fused-ring (bicyclic) bond motifs is 1. The zero-order valence-electron chi connectivity index (χ0n) is 11.4. The Kier molecular flexibility index (Phi) is 3.42. The van der Waals surface area contributed by atoms with Crippen LogP contribution in [0.1, 0.15) is 24.5 Å². The number of anilines is 1. The second kappa shape index (κ2) is 5.21. The van der Waals surface area contributed by atoms with E-state index < -0.39 is 0 Å². The van der Waals surface area contributed by atoms with Gasteiger partial charge in [-0.3, -0.25) is 4.79 Å². The Labute approximate surface area is 114 Å². The van der Waals surface area contributed by atoms with Crippen molar-refractivity contribution in [2.45, 2.75) is 32.4 Å².